The smallest absolute Gasteiger partial charge is 0.375 e. The second-order valence-corrected chi connectivity index (χ2v) is 3.99. The lowest BCUT2D eigenvalue weighted by atomic mass is 9.92. The fourth-order valence-electron chi connectivity index (χ4n) is 1.24. The van der Waals surface area contributed by atoms with E-state index in [0.717, 1.165) is 0 Å². The number of Topliss-reactive ketones (excluding diaryl/α,β-unsaturated/α-hetero) is 1. The fraction of sp³-hybridized carbons (Fsp3) is 0.778. The summed E-state index contributed by atoms with van der Waals surface area (Å²) in [4.78, 5) is 21.2. The topological polar surface area (TPSA) is 187 Å². The van der Waals surface area contributed by atoms with Gasteiger partial charge in [0.15, 0.2) is 6.10 Å². The molecule has 0 radical (unpaired) electrons. The molecule has 0 rings (SSSR count). The van der Waals surface area contributed by atoms with Crippen LogP contribution in [-0.2, 0) is 9.59 Å². The Kier molecular flexibility index (Phi) is 6.32. The zero-order valence-electron chi connectivity index (χ0n) is 9.67. The van der Waals surface area contributed by atoms with Gasteiger partial charge in [-0.1, -0.05) is 0 Å². The van der Waals surface area contributed by atoms with Crippen molar-refractivity contribution in [3.8, 4) is 0 Å². The average molecular weight is 266 g/mol. The maximum atomic E-state index is 10.9. The van der Waals surface area contributed by atoms with Crippen molar-refractivity contribution in [2.75, 3.05) is 0 Å². The Bertz CT molecular complexity index is 309. The highest BCUT2D eigenvalue weighted by Gasteiger charge is 2.38. The molecule has 9 nitrogen and oxygen atoms in total. The number of carbonyl (C=O) groups excluding carboxylic acids is 1. The lowest BCUT2D eigenvalue weighted by Crippen LogP contribution is -2.60. The van der Waals surface area contributed by atoms with Gasteiger partial charge in [-0.3, -0.25) is 4.79 Å². The highest BCUT2D eigenvalue weighted by molar-refractivity contribution is 6.34. The van der Waals surface area contributed by atoms with E-state index in [9.17, 15) is 24.9 Å². The van der Waals surface area contributed by atoms with Crippen LogP contribution in [0.25, 0.3) is 0 Å². The number of hydrogen-bond donors (Lipinski definition) is 7. The molecule has 0 fully saturated rings. The zero-order chi connectivity index (χ0) is 14.6. The number of aliphatic hydroxyl groups is 4. The first-order valence-electron chi connectivity index (χ1n) is 5.11. The maximum absolute atomic E-state index is 10.9. The van der Waals surface area contributed by atoms with Gasteiger partial charge in [-0.05, 0) is 6.92 Å². The highest BCUT2D eigenvalue weighted by Crippen LogP contribution is 2.08. The molecule has 0 spiro atoms. The van der Waals surface area contributed by atoms with Crippen molar-refractivity contribution in [3.05, 3.63) is 0 Å². The molecule has 9 heteroatoms. The van der Waals surface area contributed by atoms with Gasteiger partial charge < -0.3 is 37.0 Å². The van der Waals surface area contributed by atoms with E-state index < -0.39 is 48.3 Å². The van der Waals surface area contributed by atoms with Crippen molar-refractivity contribution in [2.45, 2.75) is 43.4 Å². The second kappa shape index (κ2) is 6.73. The van der Waals surface area contributed by atoms with Gasteiger partial charge in [-0.15, -0.1) is 0 Å². The van der Waals surface area contributed by atoms with E-state index in [2.05, 4.69) is 0 Å². The molecule has 0 amide bonds. The van der Waals surface area contributed by atoms with E-state index in [0.29, 0.717) is 0 Å². The van der Waals surface area contributed by atoms with Gasteiger partial charge in [0.05, 0.1) is 24.3 Å². The normalized spacial score (nSPS) is 21.5. The number of nitrogens with two attached hydrogens (primary N) is 2. The molecule has 0 aliphatic rings. The van der Waals surface area contributed by atoms with Gasteiger partial charge in [0.2, 0.25) is 0 Å². The molecule has 0 aliphatic carbocycles. The average Bonchev–Trinajstić information content (AvgIpc) is 2.32. The summed E-state index contributed by atoms with van der Waals surface area (Å²) < 4.78 is 0. The van der Waals surface area contributed by atoms with E-state index in [1.54, 1.807) is 0 Å². The molecular formula is C9H18N2O7. The Labute approximate surface area is 103 Å². The lowest BCUT2D eigenvalue weighted by Gasteiger charge is -2.30. The Hall–Kier alpha value is -1.10. The van der Waals surface area contributed by atoms with Crippen molar-refractivity contribution < 1.29 is 35.1 Å². The SMILES string of the molecule is CC(O)C(N)C(O)C(N)C(O)C(O)C(=O)C(=O)O. The van der Waals surface area contributed by atoms with Crippen molar-refractivity contribution in [1.29, 1.82) is 0 Å². The van der Waals surface area contributed by atoms with Crippen LogP contribution in [-0.4, -0.2) is 73.8 Å². The maximum Gasteiger partial charge on any atom is 0.375 e. The minimum Gasteiger partial charge on any atom is -0.475 e. The number of carboxylic acid groups (broad SMARTS) is 1. The third kappa shape index (κ3) is 3.98. The fourth-order valence-corrected chi connectivity index (χ4v) is 1.24. The van der Waals surface area contributed by atoms with Crippen molar-refractivity contribution >= 4 is 11.8 Å². The molecule has 0 bridgehead atoms. The quantitative estimate of drug-likeness (QED) is 0.224. The number of aliphatic carboxylic acids is 1. The molecule has 0 aliphatic heterocycles. The molecule has 0 heterocycles. The molecule has 6 unspecified atom stereocenters. The summed E-state index contributed by atoms with van der Waals surface area (Å²) in [5.74, 6) is -3.60. The van der Waals surface area contributed by atoms with Crippen LogP contribution in [0.5, 0.6) is 0 Å². The van der Waals surface area contributed by atoms with E-state index in [1.165, 1.54) is 6.92 Å². The van der Waals surface area contributed by atoms with E-state index in [4.69, 9.17) is 21.7 Å². The summed E-state index contributed by atoms with van der Waals surface area (Å²) in [6.07, 6.45) is -7.08. The molecule has 0 aromatic rings. The third-order valence-corrected chi connectivity index (χ3v) is 2.54. The monoisotopic (exact) mass is 266 g/mol. The molecule has 0 aromatic heterocycles. The number of hydrogen-bond acceptors (Lipinski definition) is 8. The van der Waals surface area contributed by atoms with Crippen LogP contribution in [0.1, 0.15) is 6.92 Å². The van der Waals surface area contributed by atoms with Gasteiger partial charge in [0.1, 0.15) is 6.10 Å². The van der Waals surface area contributed by atoms with Gasteiger partial charge >= 0.3 is 5.97 Å². The molecule has 106 valence electrons. The number of carboxylic acids is 1. The molecule has 0 aromatic carbocycles. The summed E-state index contributed by atoms with van der Waals surface area (Å²) >= 11 is 0. The Balaban J connectivity index is 4.73. The molecule has 0 saturated heterocycles. The van der Waals surface area contributed by atoms with Gasteiger partial charge in [-0.25, -0.2) is 4.79 Å². The summed E-state index contributed by atoms with van der Waals surface area (Å²) in [5, 5.41) is 45.7. The van der Waals surface area contributed by atoms with Crippen LogP contribution in [0.3, 0.4) is 0 Å². The van der Waals surface area contributed by atoms with Crippen LogP contribution in [0.4, 0.5) is 0 Å². The van der Waals surface area contributed by atoms with Crippen molar-refractivity contribution in [2.24, 2.45) is 11.5 Å². The van der Waals surface area contributed by atoms with Crippen LogP contribution >= 0.6 is 0 Å². The van der Waals surface area contributed by atoms with Crippen LogP contribution in [0, 0.1) is 0 Å². The first-order chi connectivity index (χ1) is 8.11. The van der Waals surface area contributed by atoms with Gasteiger partial charge in [-0.2, -0.15) is 0 Å². The lowest BCUT2D eigenvalue weighted by molar-refractivity contribution is -0.157. The molecule has 18 heavy (non-hydrogen) atoms. The largest absolute Gasteiger partial charge is 0.475 e. The van der Waals surface area contributed by atoms with E-state index in [-0.39, 0.29) is 0 Å². The van der Waals surface area contributed by atoms with Gasteiger partial charge in [0.25, 0.3) is 5.78 Å². The highest BCUT2D eigenvalue weighted by atomic mass is 16.4. The predicted molar refractivity (Wildman–Crippen MR) is 58.3 cm³/mol. The number of carbonyl (C=O) groups is 2. The molecular weight excluding hydrogens is 248 g/mol. The number of aliphatic hydroxyl groups excluding tert-OH is 4. The summed E-state index contributed by atoms with van der Waals surface area (Å²) in [7, 11) is 0. The first kappa shape index (κ1) is 16.9. The second-order valence-electron chi connectivity index (χ2n) is 3.99. The third-order valence-electron chi connectivity index (χ3n) is 2.54. The van der Waals surface area contributed by atoms with Gasteiger partial charge in [0, 0.05) is 0 Å². The summed E-state index contributed by atoms with van der Waals surface area (Å²) in [6.45, 7) is 1.27. The zero-order valence-corrected chi connectivity index (χ0v) is 9.67. The Morgan fingerprint density at radius 3 is 1.72 bits per heavy atom. The van der Waals surface area contributed by atoms with E-state index in [1.807, 2.05) is 0 Å². The first-order valence-corrected chi connectivity index (χ1v) is 5.11. The van der Waals surface area contributed by atoms with Crippen molar-refractivity contribution in [3.63, 3.8) is 0 Å². The molecule has 9 N–H and O–H groups in total. The molecule has 6 atom stereocenters. The molecule has 0 saturated carbocycles. The van der Waals surface area contributed by atoms with Crippen LogP contribution in [0.2, 0.25) is 0 Å². The number of rotatable bonds is 7. The Morgan fingerprint density at radius 1 is 0.944 bits per heavy atom. The summed E-state index contributed by atoms with van der Waals surface area (Å²) in [5.41, 5.74) is 10.7. The van der Waals surface area contributed by atoms with E-state index >= 15 is 0 Å². The predicted octanol–water partition coefficient (Wildman–Crippen LogP) is -4.24. The standard InChI is InChI=1S/C9H18N2O7/c1-2(12)3(10)5(13)4(11)6(14)7(15)8(16)9(17)18/h2-7,12-15H,10-11H2,1H3,(H,17,18). The minimum atomic E-state index is -2.28. The summed E-state index contributed by atoms with van der Waals surface area (Å²) in [6, 6.07) is -2.81. The van der Waals surface area contributed by atoms with Crippen LogP contribution < -0.4 is 11.5 Å². The van der Waals surface area contributed by atoms with Crippen LogP contribution in [0.15, 0.2) is 0 Å². The van der Waals surface area contributed by atoms with Crippen molar-refractivity contribution in [1.82, 2.24) is 0 Å². The Morgan fingerprint density at radius 2 is 1.39 bits per heavy atom. The minimum absolute atomic E-state index is 1.15. The number of ketones is 1.